The molecule has 3 rings (SSSR count). The predicted octanol–water partition coefficient (Wildman–Crippen LogP) is 4.28. The molecule has 162 valence electrons. The molecule has 2 N–H and O–H groups in total. The maximum Gasteiger partial charge on any atom is 0.261 e. The fourth-order valence-corrected chi connectivity index (χ4v) is 4.06. The lowest BCUT2D eigenvalue weighted by Crippen LogP contribution is -2.28. The van der Waals surface area contributed by atoms with E-state index in [1.54, 1.807) is 19.1 Å². The van der Waals surface area contributed by atoms with E-state index in [9.17, 15) is 17.6 Å². The Hall–Kier alpha value is -3.10. The summed E-state index contributed by atoms with van der Waals surface area (Å²) in [7, 11) is -3.86. The number of halogens is 2. The van der Waals surface area contributed by atoms with Gasteiger partial charge in [-0.2, -0.15) is 0 Å². The van der Waals surface area contributed by atoms with E-state index in [1.807, 2.05) is 12.1 Å². The average molecular weight is 463 g/mol. The molecule has 0 aliphatic carbocycles. The number of ether oxygens (including phenoxy) is 1. The van der Waals surface area contributed by atoms with E-state index in [1.165, 1.54) is 30.3 Å². The lowest BCUT2D eigenvalue weighted by molar-refractivity contribution is -0.123. The Morgan fingerprint density at radius 3 is 2.45 bits per heavy atom. The number of hydrogen-bond donors (Lipinski definition) is 2. The molecule has 0 aliphatic rings. The van der Waals surface area contributed by atoms with Crippen LogP contribution < -0.4 is 14.8 Å². The van der Waals surface area contributed by atoms with E-state index in [0.717, 1.165) is 17.7 Å². The zero-order valence-corrected chi connectivity index (χ0v) is 18.1. The molecule has 31 heavy (non-hydrogen) atoms. The normalized spacial score (nSPS) is 11.1. The highest BCUT2D eigenvalue weighted by Gasteiger charge is 2.16. The number of hydrogen-bond acceptors (Lipinski definition) is 4. The van der Waals surface area contributed by atoms with Crippen LogP contribution in [0.25, 0.3) is 0 Å². The smallest absolute Gasteiger partial charge is 0.261 e. The van der Waals surface area contributed by atoms with Crippen LogP contribution in [0.5, 0.6) is 5.75 Å². The van der Waals surface area contributed by atoms with Gasteiger partial charge in [0.25, 0.3) is 15.9 Å². The minimum atomic E-state index is -3.86. The number of benzene rings is 3. The quantitative estimate of drug-likeness (QED) is 0.523. The fourth-order valence-electron chi connectivity index (χ4n) is 2.71. The highest BCUT2D eigenvalue weighted by Crippen LogP contribution is 2.24. The molecule has 0 aliphatic heterocycles. The van der Waals surface area contributed by atoms with Gasteiger partial charge in [0.2, 0.25) is 0 Å². The first kappa shape index (κ1) is 22.6. The molecule has 0 saturated heterocycles. The molecular formula is C22H20ClFN2O4S. The number of anilines is 1. The molecule has 1 amide bonds. The van der Waals surface area contributed by atoms with Crippen LogP contribution in [0.3, 0.4) is 0 Å². The summed E-state index contributed by atoms with van der Waals surface area (Å²) >= 11 is 6.06. The summed E-state index contributed by atoms with van der Waals surface area (Å²) in [5.74, 6) is -0.418. The van der Waals surface area contributed by atoms with Gasteiger partial charge in [0.1, 0.15) is 11.6 Å². The van der Waals surface area contributed by atoms with Gasteiger partial charge in [0.15, 0.2) is 6.61 Å². The van der Waals surface area contributed by atoms with Crippen LogP contribution in [0.1, 0.15) is 11.1 Å². The van der Waals surface area contributed by atoms with Gasteiger partial charge in [-0.3, -0.25) is 9.52 Å². The number of carbonyl (C=O) groups is 1. The molecule has 9 heteroatoms. The lowest BCUT2D eigenvalue weighted by atomic mass is 10.2. The van der Waals surface area contributed by atoms with E-state index in [2.05, 4.69) is 10.0 Å². The SMILES string of the molecule is Cc1cc(S(=O)(=O)Nc2ccc(F)cc2)ccc1OCC(=O)NCc1ccccc1Cl. The zero-order valence-electron chi connectivity index (χ0n) is 16.6. The Kier molecular flexibility index (Phi) is 7.14. The third-order valence-electron chi connectivity index (χ3n) is 4.35. The largest absolute Gasteiger partial charge is 0.484 e. The number of amides is 1. The van der Waals surface area contributed by atoms with Gasteiger partial charge in [-0.05, 0) is 66.6 Å². The summed E-state index contributed by atoms with van der Waals surface area (Å²) < 4.78 is 46.0. The second kappa shape index (κ2) is 9.80. The molecule has 0 spiro atoms. The number of rotatable bonds is 8. The second-order valence-corrected chi connectivity index (χ2v) is 8.79. The van der Waals surface area contributed by atoms with Crippen molar-refractivity contribution in [2.24, 2.45) is 0 Å². The average Bonchev–Trinajstić information content (AvgIpc) is 2.73. The number of nitrogens with one attached hydrogen (secondary N) is 2. The van der Waals surface area contributed by atoms with E-state index >= 15 is 0 Å². The monoisotopic (exact) mass is 462 g/mol. The molecule has 3 aromatic carbocycles. The highest BCUT2D eigenvalue weighted by atomic mass is 35.5. The zero-order chi connectivity index (χ0) is 22.4. The third-order valence-corrected chi connectivity index (χ3v) is 6.09. The molecule has 6 nitrogen and oxygen atoms in total. The Morgan fingerprint density at radius 2 is 1.77 bits per heavy atom. The summed E-state index contributed by atoms with van der Waals surface area (Å²) in [6.45, 7) is 1.71. The lowest BCUT2D eigenvalue weighted by Gasteiger charge is -2.12. The Bertz CT molecular complexity index is 1180. The van der Waals surface area contributed by atoms with Crippen LogP contribution in [0, 0.1) is 12.7 Å². The summed E-state index contributed by atoms with van der Waals surface area (Å²) in [5, 5.41) is 3.28. The molecule has 0 saturated carbocycles. The van der Waals surface area contributed by atoms with Gasteiger partial charge in [0.05, 0.1) is 4.90 Å². The van der Waals surface area contributed by atoms with Gasteiger partial charge >= 0.3 is 0 Å². The molecule has 3 aromatic rings. The highest BCUT2D eigenvalue weighted by molar-refractivity contribution is 7.92. The van der Waals surface area contributed by atoms with Crippen molar-refractivity contribution in [2.45, 2.75) is 18.4 Å². The predicted molar refractivity (Wildman–Crippen MR) is 117 cm³/mol. The summed E-state index contributed by atoms with van der Waals surface area (Å²) in [5.41, 5.74) is 1.58. The van der Waals surface area contributed by atoms with Crippen molar-refractivity contribution in [3.63, 3.8) is 0 Å². The molecule has 0 fully saturated rings. The van der Waals surface area contributed by atoms with Crippen LogP contribution in [0.4, 0.5) is 10.1 Å². The first-order chi connectivity index (χ1) is 14.7. The minimum absolute atomic E-state index is 0.0184. The van der Waals surface area contributed by atoms with Crippen LogP contribution in [-0.4, -0.2) is 20.9 Å². The first-order valence-electron chi connectivity index (χ1n) is 9.26. The van der Waals surface area contributed by atoms with Crippen molar-refractivity contribution in [1.29, 1.82) is 0 Å². The third kappa shape index (κ3) is 6.19. The molecule has 0 heterocycles. The van der Waals surface area contributed by atoms with Gasteiger partial charge in [-0.15, -0.1) is 0 Å². The van der Waals surface area contributed by atoms with Crippen molar-refractivity contribution in [3.8, 4) is 5.75 Å². The number of carbonyl (C=O) groups excluding carboxylic acids is 1. The maximum absolute atomic E-state index is 13.0. The topological polar surface area (TPSA) is 84.5 Å². The van der Waals surface area contributed by atoms with Crippen LogP contribution in [0.15, 0.2) is 71.6 Å². The summed E-state index contributed by atoms with van der Waals surface area (Å²) in [6.07, 6.45) is 0. The van der Waals surface area contributed by atoms with E-state index in [-0.39, 0.29) is 29.6 Å². The van der Waals surface area contributed by atoms with Crippen molar-refractivity contribution >= 4 is 33.2 Å². The number of aryl methyl sites for hydroxylation is 1. The van der Waals surface area contributed by atoms with Gasteiger partial charge in [-0.1, -0.05) is 29.8 Å². The molecule has 0 radical (unpaired) electrons. The van der Waals surface area contributed by atoms with Crippen molar-refractivity contribution < 1.29 is 22.3 Å². The van der Waals surface area contributed by atoms with Crippen molar-refractivity contribution in [3.05, 3.63) is 88.7 Å². The Labute approximate surface area is 185 Å². The Morgan fingerprint density at radius 1 is 1.06 bits per heavy atom. The molecular weight excluding hydrogens is 443 g/mol. The minimum Gasteiger partial charge on any atom is -0.484 e. The van der Waals surface area contributed by atoms with Gasteiger partial charge in [0, 0.05) is 17.3 Å². The molecule has 0 bridgehead atoms. The van der Waals surface area contributed by atoms with Crippen LogP contribution in [0.2, 0.25) is 5.02 Å². The second-order valence-electron chi connectivity index (χ2n) is 6.70. The Balaban J connectivity index is 1.59. The molecule has 0 aromatic heterocycles. The number of sulfonamides is 1. The standard InChI is InChI=1S/C22H20ClFN2O4S/c1-15-12-19(31(28,29)26-18-8-6-17(24)7-9-18)10-11-21(15)30-14-22(27)25-13-16-4-2-3-5-20(16)23/h2-12,26H,13-14H2,1H3,(H,25,27). The van der Waals surface area contributed by atoms with E-state index in [4.69, 9.17) is 16.3 Å². The van der Waals surface area contributed by atoms with Gasteiger partial charge < -0.3 is 10.1 Å². The maximum atomic E-state index is 13.0. The summed E-state index contributed by atoms with van der Waals surface area (Å²) in [6, 6.07) is 16.5. The van der Waals surface area contributed by atoms with E-state index in [0.29, 0.717) is 16.3 Å². The summed E-state index contributed by atoms with van der Waals surface area (Å²) in [4.78, 5) is 12.1. The fraction of sp³-hybridized carbons (Fsp3) is 0.136. The van der Waals surface area contributed by atoms with Crippen molar-refractivity contribution in [2.75, 3.05) is 11.3 Å². The van der Waals surface area contributed by atoms with E-state index < -0.39 is 15.8 Å². The van der Waals surface area contributed by atoms with Crippen molar-refractivity contribution in [1.82, 2.24) is 5.32 Å². The van der Waals surface area contributed by atoms with Crippen LogP contribution in [-0.2, 0) is 21.4 Å². The van der Waals surface area contributed by atoms with Gasteiger partial charge in [-0.25, -0.2) is 12.8 Å². The molecule has 0 unspecified atom stereocenters. The first-order valence-corrected chi connectivity index (χ1v) is 11.1. The molecule has 0 atom stereocenters. The van der Waals surface area contributed by atoms with Crippen LogP contribution >= 0.6 is 11.6 Å².